The Morgan fingerprint density at radius 1 is 1.00 bits per heavy atom. The third-order valence-electron chi connectivity index (χ3n) is 12.4. The zero-order valence-corrected chi connectivity index (χ0v) is 38.9. The van der Waals surface area contributed by atoms with Gasteiger partial charge in [-0.05, 0) is 105 Å². The van der Waals surface area contributed by atoms with Crippen LogP contribution < -0.4 is 10.1 Å². The van der Waals surface area contributed by atoms with Crippen LogP contribution in [0.25, 0.3) is 11.0 Å². The average molecular weight is 842 g/mol. The van der Waals surface area contributed by atoms with Crippen LogP contribution >= 0.6 is 10.8 Å². The normalized spacial score (nSPS) is 17.5. The number of hydrogen-bond acceptors (Lipinski definition) is 10. The molecule has 0 aliphatic carbocycles. The lowest BCUT2D eigenvalue weighted by molar-refractivity contribution is -0.124. The second-order valence-corrected chi connectivity index (χ2v) is 25.2. The van der Waals surface area contributed by atoms with Gasteiger partial charge in [0, 0.05) is 19.0 Å². The van der Waals surface area contributed by atoms with Crippen LogP contribution in [0.5, 0.6) is 5.75 Å². The molecule has 1 aliphatic heterocycles. The lowest BCUT2D eigenvalue weighted by Crippen LogP contribution is -2.46. The molecule has 5 aromatic rings. The Bertz CT molecular complexity index is 2320. The second-order valence-electron chi connectivity index (χ2n) is 18.5. The second kappa shape index (κ2) is 16.4. The van der Waals surface area contributed by atoms with Crippen molar-refractivity contribution in [1.82, 2.24) is 29.3 Å². The van der Waals surface area contributed by atoms with E-state index >= 15 is 0 Å². The van der Waals surface area contributed by atoms with Crippen molar-refractivity contribution in [1.29, 1.82) is 0 Å². The predicted molar refractivity (Wildman–Crippen MR) is 239 cm³/mol. The molecule has 0 saturated carbocycles. The average Bonchev–Trinajstić information content (AvgIpc) is 3.55. The summed E-state index contributed by atoms with van der Waals surface area (Å²) in [7, 11) is -5.52. The highest BCUT2D eigenvalue weighted by Crippen LogP contribution is 2.58. The number of nitrogens with zero attached hydrogens (tertiary/aromatic N) is 6. The van der Waals surface area contributed by atoms with Crippen molar-refractivity contribution >= 4 is 41.7 Å². The molecule has 0 bridgehead atoms. The molecule has 1 aliphatic rings. The smallest absolute Gasteiger partial charge is 0.231 e. The molecule has 59 heavy (non-hydrogen) atoms. The molecule has 12 nitrogen and oxygen atoms in total. The van der Waals surface area contributed by atoms with Crippen molar-refractivity contribution in [2.24, 2.45) is 5.41 Å². The van der Waals surface area contributed by atoms with Gasteiger partial charge in [0.05, 0.1) is 35.6 Å². The van der Waals surface area contributed by atoms with Gasteiger partial charge in [-0.15, -0.1) is 15.9 Å². The Morgan fingerprint density at radius 3 is 2.32 bits per heavy atom. The number of para-hydroxylation sites is 1. The van der Waals surface area contributed by atoms with E-state index in [-0.39, 0.29) is 23.6 Å². The van der Waals surface area contributed by atoms with E-state index in [9.17, 15) is 13.9 Å². The maximum atomic E-state index is 14.7. The summed E-state index contributed by atoms with van der Waals surface area (Å²) < 4.78 is 40.3. The van der Waals surface area contributed by atoms with Gasteiger partial charge in [0.2, 0.25) is 5.91 Å². The molecule has 1 amide bonds. The van der Waals surface area contributed by atoms with Crippen LogP contribution in [0.3, 0.4) is 0 Å². The fourth-order valence-corrected chi connectivity index (χ4v) is 11.0. The first-order chi connectivity index (χ1) is 27.5. The maximum Gasteiger partial charge on any atom is 0.231 e. The van der Waals surface area contributed by atoms with E-state index < -0.39 is 36.0 Å². The Balaban J connectivity index is 1.38. The molecule has 0 fully saturated rings. The van der Waals surface area contributed by atoms with Crippen molar-refractivity contribution in [3.05, 3.63) is 101 Å². The zero-order chi connectivity index (χ0) is 43.3. The van der Waals surface area contributed by atoms with Gasteiger partial charge in [-0.1, -0.05) is 83.2 Å². The quantitative estimate of drug-likeness (QED) is 0.104. The van der Waals surface area contributed by atoms with Gasteiger partial charge in [0.1, 0.15) is 27.9 Å². The number of benzene rings is 3. The maximum absolute atomic E-state index is 14.7. The van der Waals surface area contributed by atoms with E-state index in [1.54, 1.807) is 34.9 Å². The number of aryl methyl sites for hydroxylation is 3. The number of ether oxygens (including phenoxy) is 1. The van der Waals surface area contributed by atoms with Crippen molar-refractivity contribution in [3.8, 4) is 5.75 Å². The Labute approximate surface area is 352 Å². The molecular weight excluding hydrogens is 779 g/mol. The molecule has 3 N–H and O–H groups in total. The van der Waals surface area contributed by atoms with E-state index in [0.717, 1.165) is 38.9 Å². The number of carbonyl (C=O) groups is 1. The minimum atomic E-state index is -3.39. The van der Waals surface area contributed by atoms with E-state index in [1.807, 2.05) is 72.2 Å². The SMILES string of the molecule is CC[C@@H]1CN(Cc2cc([C@@H](c3ccc4c(nnn4CC)c3C)C(C)(C)C(=O)Nc3cnc(C(C)(C)O[Si](C)(C)C(C)(C)C)nc3)ccc2C)S(O)(O)c2ccccc2O1. The van der Waals surface area contributed by atoms with Gasteiger partial charge >= 0.3 is 0 Å². The number of amides is 1. The number of carbonyl (C=O) groups excluding carboxylic acids is 1. The fraction of sp³-hybridized carbons (Fsp3) is 0.489. The Morgan fingerprint density at radius 2 is 1.68 bits per heavy atom. The van der Waals surface area contributed by atoms with E-state index in [2.05, 4.69) is 73.8 Å². The third-order valence-corrected chi connectivity index (χ3v) is 18.9. The lowest BCUT2D eigenvalue weighted by atomic mass is 9.69. The fourth-order valence-electron chi connectivity index (χ4n) is 7.74. The minimum absolute atomic E-state index is 0.0173. The highest BCUT2D eigenvalue weighted by Gasteiger charge is 2.44. The van der Waals surface area contributed by atoms with Gasteiger partial charge in [-0.2, -0.15) is 4.31 Å². The van der Waals surface area contributed by atoms with Gasteiger partial charge in [0.15, 0.2) is 14.1 Å². The van der Waals surface area contributed by atoms with Gasteiger partial charge in [-0.3, -0.25) is 13.9 Å². The first kappa shape index (κ1) is 44.4. The van der Waals surface area contributed by atoms with Gasteiger partial charge in [0.25, 0.3) is 0 Å². The number of fused-ring (bicyclic) bond motifs is 2. The number of nitrogens with one attached hydrogen (secondary N) is 1. The van der Waals surface area contributed by atoms with Crippen molar-refractivity contribution in [2.75, 3.05) is 11.9 Å². The number of rotatable bonds is 12. The predicted octanol–water partition coefficient (Wildman–Crippen LogP) is 10.6. The molecule has 0 radical (unpaired) electrons. The lowest BCUT2D eigenvalue weighted by Gasteiger charge is -2.42. The highest BCUT2D eigenvalue weighted by atomic mass is 32.3. The number of anilines is 1. The molecule has 0 saturated heterocycles. The van der Waals surface area contributed by atoms with E-state index in [1.165, 1.54) is 0 Å². The third kappa shape index (κ3) is 8.71. The van der Waals surface area contributed by atoms with Gasteiger partial charge < -0.3 is 14.5 Å². The summed E-state index contributed by atoms with van der Waals surface area (Å²) in [4.78, 5) is 24.5. The molecule has 0 unspecified atom stereocenters. The molecule has 2 atom stereocenters. The number of hydrogen-bond donors (Lipinski definition) is 3. The molecule has 3 heterocycles. The summed E-state index contributed by atoms with van der Waals surface area (Å²) >= 11 is 0. The summed E-state index contributed by atoms with van der Waals surface area (Å²) in [6.45, 7) is 28.3. The van der Waals surface area contributed by atoms with Crippen molar-refractivity contribution < 1.29 is 23.1 Å². The molecule has 318 valence electrons. The standard InChI is InChI=1S/C45H63N7O5SSi/c1-14-34-28-51(58(54,55)38-19-17-16-18-37(38)56-34)27-32-24-31(21-20-29(32)3)39(35-22-23-36-40(30(35)4)49-50-52(36)15-2)44(8,9)42(53)48-33-25-46-41(47-26-33)45(10,11)57-59(12,13)43(5,6)7/h16-26,34,39,54-55H,14-15,27-28H2,1-13H3,(H,48,53)/t34-,39+/m1/s1. The molecule has 2 aromatic heterocycles. The van der Waals surface area contributed by atoms with Crippen LogP contribution in [-0.2, 0) is 27.9 Å². The summed E-state index contributed by atoms with van der Waals surface area (Å²) in [6, 6.07) is 17.5. The zero-order valence-electron chi connectivity index (χ0n) is 37.0. The van der Waals surface area contributed by atoms with Crippen molar-refractivity contribution in [3.63, 3.8) is 0 Å². The first-order valence-corrected chi connectivity index (χ1v) is 25.0. The molecule has 3 aromatic carbocycles. The monoisotopic (exact) mass is 841 g/mol. The molecular formula is C45H63N7O5SSi. The topological polar surface area (TPSA) is 148 Å². The van der Waals surface area contributed by atoms with E-state index in [4.69, 9.17) is 19.1 Å². The molecule has 6 rings (SSSR count). The summed E-state index contributed by atoms with van der Waals surface area (Å²) in [6.07, 6.45) is 3.77. The number of aromatic nitrogens is 5. The highest BCUT2D eigenvalue weighted by molar-refractivity contribution is 8.22. The van der Waals surface area contributed by atoms with E-state index in [0.29, 0.717) is 41.7 Å². The Kier molecular flexibility index (Phi) is 12.3. The summed E-state index contributed by atoms with van der Waals surface area (Å²) in [5.74, 6) is 0.382. The molecule has 14 heteroatoms. The summed E-state index contributed by atoms with van der Waals surface area (Å²) in [5, 5.41) is 12.1. The molecule has 0 spiro atoms. The summed E-state index contributed by atoms with van der Waals surface area (Å²) in [5.41, 5.74) is 5.14. The largest absolute Gasteiger partial charge is 0.487 e. The van der Waals surface area contributed by atoms with Crippen LogP contribution in [0.4, 0.5) is 5.69 Å². The van der Waals surface area contributed by atoms with Crippen LogP contribution in [-0.4, -0.2) is 65.2 Å². The van der Waals surface area contributed by atoms with Crippen LogP contribution in [0.2, 0.25) is 18.1 Å². The Hall–Kier alpha value is -4.18. The van der Waals surface area contributed by atoms with Gasteiger partial charge in [-0.25, -0.2) is 14.6 Å². The van der Waals surface area contributed by atoms with Crippen LogP contribution in [0, 0.1) is 19.3 Å². The van der Waals surface area contributed by atoms with Crippen LogP contribution in [0.15, 0.2) is 71.9 Å². The van der Waals surface area contributed by atoms with Crippen molar-refractivity contribution in [2.45, 2.75) is 136 Å². The van der Waals surface area contributed by atoms with Crippen LogP contribution in [0.1, 0.15) is 108 Å². The first-order valence-electron chi connectivity index (χ1n) is 20.6. The minimum Gasteiger partial charge on any atom is -0.487 e.